The summed E-state index contributed by atoms with van der Waals surface area (Å²) in [5.74, 6) is 0.826. The number of aryl methyl sites for hydroxylation is 1. The fourth-order valence-electron chi connectivity index (χ4n) is 1.32. The first-order valence-electron chi connectivity index (χ1n) is 4.62. The molecule has 0 radical (unpaired) electrons. The zero-order valence-electron chi connectivity index (χ0n) is 8.38. The lowest BCUT2D eigenvalue weighted by Gasteiger charge is -2.00. The highest BCUT2D eigenvalue weighted by Gasteiger charge is 2.01. The van der Waals surface area contributed by atoms with Gasteiger partial charge in [-0.15, -0.1) is 0 Å². The first kappa shape index (κ1) is 9.41. The van der Waals surface area contributed by atoms with E-state index in [2.05, 4.69) is 16.0 Å². The summed E-state index contributed by atoms with van der Waals surface area (Å²) in [5, 5.41) is 8.53. The predicted molar refractivity (Wildman–Crippen MR) is 55.4 cm³/mol. The van der Waals surface area contributed by atoms with Crippen molar-refractivity contribution < 1.29 is 0 Å². The van der Waals surface area contributed by atoms with E-state index in [9.17, 15) is 0 Å². The highest BCUT2D eigenvalue weighted by Crippen LogP contribution is 2.07. The minimum Gasteiger partial charge on any atom is -0.290 e. The van der Waals surface area contributed by atoms with Crippen molar-refractivity contribution >= 4 is 0 Å². The van der Waals surface area contributed by atoms with E-state index in [-0.39, 0.29) is 0 Å². The van der Waals surface area contributed by atoms with Crippen molar-refractivity contribution in [1.29, 1.82) is 5.26 Å². The molecular formula is C11H10N4. The Morgan fingerprint density at radius 3 is 3.07 bits per heavy atom. The first-order chi connectivity index (χ1) is 7.29. The van der Waals surface area contributed by atoms with Gasteiger partial charge in [-0.25, -0.2) is 9.97 Å². The number of imidazole rings is 1. The summed E-state index contributed by atoms with van der Waals surface area (Å²) in [5.41, 5.74) is 1.91. The molecule has 0 amide bonds. The Morgan fingerprint density at radius 1 is 1.47 bits per heavy atom. The van der Waals surface area contributed by atoms with Gasteiger partial charge in [0, 0.05) is 12.4 Å². The van der Waals surface area contributed by atoms with Gasteiger partial charge in [0.15, 0.2) is 0 Å². The molecule has 0 unspecified atom stereocenters. The highest BCUT2D eigenvalue weighted by molar-refractivity contribution is 5.27. The summed E-state index contributed by atoms with van der Waals surface area (Å²) >= 11 is 0. The quantitative estimate of drug-likeness (QED) is 0.737. The Labute approximate surface area is 87.8 Å². The Morgan fingerprint density at radius 2 is 2.33 bits per heavy atom. The average Bonchev–Trinajstić information content (AvgIpc) is 2.67. The van der Waals surface area contributed by atoms with Crippen LogP contribution in [-0.4, -0.2) is 14.5 Å². The fourth-order valence-corrected chi connectivity index (χ4v) is 1.32. The summed E-state index contributed by atoms with van der Waals surface area (Å²) < 4.78 is 1.82. The highest BCUT2D eigenvalue weighted by atomic mass is 15.1. The largest absolute Gasteiger partial charge is 0.290 e. The number of hydrogen-bond donors (Lipinski definition) is 0. The zero-order chi connectivity index (χ0) is 10.7. The molecule has 2 heterocycles. The third-order valence-corrected chi connectivity index (χ3v) is 2.06. The van der Waals surface area contributed by atoms with E-state index in [1.807, 2.05) is 29.8 Å². The Kier molecular flexibility index (Phi) is 2.46. The minimum atomic E-state index is 0.332. The van der Waals surface area contributed by atoms with Gasteiger partial charge in [-0.3, -0.25) is 4.57 Å². The number of hydrogen-bond acceptors (Lipinski definition) is 3. The SMILES string of the molecule is Cc1ccnc(-n2cnc(CC#N)c2)c1. The molecule has 0 aliphatic heterocycles. The first-order valence-corrected chi connectivity index (χ1v) is 4.62. The molecule has 2 rings (SSSR count). The van der Waals surface area contributed by atoms with Crippen LogP contribution in [0, 0.1) is 18.3 Å². The number of nitriles is 1. The molecule has 0 aliphatic carbocycles. The molecule has 0 bridgehead atoms. The molecular weight excluding hydrogens is 188 g/mol. The fraction of sp³-hybridized carbons (Fsp3) is 0.182. The standard InChI is InChI=1S/C11H10N4/c1-9-3-5-13-11(6-9)15-7-10(2-4-12)14-8-15/h3,5-8H,2H2,1H3. The summed E-state index contributed by atoms with van der Waals surface area (Å²) in [6, 6.07) is 5.98. The summed E-state index contributed by atoms with van der Waals surface area (Å²) in [7, 11) is 0. The molecule has 0 saturated heterocycles. The normalized spacial score (nSPS) is 9.87. The third-order valence-electron chi connectivity index (χ3n) is 2.06. The Hall–Kier alpha value is -2.15. The van der Waals surface area contributed by atoms with Crippen LogP contribution in [0.3, 0.4) is 0 Å². The second-order valence-corrected chi connectivity index (χ2v) is 3.30. The summed E-state index contributed by atoms with van der Waals surface area (Å²) in [4.78, 5) is 8.34. The smallest absolute Gasteiger partial charge is 0.138 e. The molecule has 0 N–H and O–H groups in total. The second-order valence-electron chi connectivity index (χ2n) is 3.30. The van der Waals surface area contributed by atoms with Gasteiger partial charge >= 0.3 is 0 Å². The molecule has 0 aliphatic rings. The predicted octanol–water partition coefficient (Wildman–Crippen LogP) is 1.64. The molecule has 0 spiro atoms. The van der Waals surface area contributed by atoms with Crippen LogP contribution >= 0.6 is 0 Å². The number of pyridine rings is 1. The van der Waals surface area contributed by atoms with Crippen LogP contribution in [0.2, 0.25) is 0 Å². The van der Waals surface area contributed by atoms with Gasteiger partial charge in [0.2, 0.25) is 0 Å². The molecule has 4 nitrogen and oxygen atoms in total. The molecule has 74 valence electrons. The molecule has 15 heavy (non-hydrogen) atoms. The number of nitrogens with zero attached hydrogens (tertiary/aromatic N) is 4. The van der Waals surface area contributed by atoms with Crippen LogP contribution in [-0.2, 0) is 6.42 Å². The van der Waals surface area contributed by atoms with Gasteiger partial charge in [0.05, 0.1) is 18.2 Å². The maximum atomic E-state index is 8.53. The molecule has 2 aromatic heterocycles. The molecule has 0 aromatic carbocycles. The van der Waals surface area contributed by atoms with Crippen molar-refractivity contribution in [3.05, 3.63) is 42.1 Å². The topological polar surface area (TPSA) is 54.5 Å². The van der Waals surface area contributed by atoms with Crippen molar-refractivity contribution in [2.45, 2.75) is 13.3 Å². The number of rotatable bonds is 2. The van der Waals surface area contributed by atoms with Crippen molar-refractivity contribution in [1.82, 2.24) is 14.5 Å². The lowest BCUT2D eigenvalue weighted by molar-refractivity contribution is 0.987. The van der Waals surface area contributed by atoms with Gasteiger partial charge in [-0.05, 0) is 24.6 Å². The van der Waals surface area contributed by atoms with Crippen molar-refractivity contribution in [2.75, 3.05) is 0 Å². The maximum absolute atomic E-state index is 8.53. The van der Waals surface area contributed by atoms with Crippen LogP contribution < -0.4 is 0 Å². The van der Waals surface area contributed by atoms with Gasteiger partial charge < -0.3 is 0 Å². The van der Waals surface area contributed by atoms with Crippen LogP contribution in [0.4, 0.5) is 0 Å². The van der Waals surface area contributed by atoms with Gasteiger partial charge in [-0.1, -0.05) is 0 Å². The van der Waals surface area contributed by atoms with Crippen LogP contribution in [0.5, 0.6) is 0 Å². The maximum Gasteiger partial charge on any atom is 0.138 e. The minimum absolute atomic E-state index is 0.332. The van der Waals surface area contributed by atoms with E-state index < -0.39 is 0 Å². The van der Waals surface area contributed by atoms with Crippen LogP contribution in [0.1, 0.15) is 11.3 Å². The van der Waals surface area contributed by atoms with Crippen molar-refractivity contribution in [3.8, 4) is 11.9 Å². The van der Waals surface area contributed by atoms with Crippen molar-refractivity contribution in [2.24, 2.45) is 0 Å². The third kappa shape index (κ3) is 2.02. The Balaban J connectivity index is 2.34. The molecule has 0 fully saturated rings. The molecule has 2 aromatic rings. The van der Waals surface area contributed by atoms with E-state index in [4.69, 9.17) is 5.26 Å². The van der Waals surface area contributed by atoms with E-state index >= 15 is 0 Å². The van der Waals surface area contributed by atoms with Crippen molar-refractivity contribution in [3.63, 3.8) is 0 Å². The van der Waals surface area contributed by atoms with E-state index in [0.717, 1.165) is 17.1 Å². The van der Waals surface area contributed by atoms with Crippen LogP contribution in [0.15, 0.2) is 30.9 Å². The van der Waals surface area contributed by atoms with Gasteiger partial charge in [-0.2, -0.15) is 5.26 Å². The van der Waals surface area contributed by atoms with Crippen LogP contribution in [0.25, 0.3) is 5.82 Å². The second kappa shape index (κ2) is 3.93. The lowest BCUT2D eigenvalue weighted by atomic mass is 10.3. The Bertz CT molecular complexity index is 507. The summed E-state index contributed by atoms with van der Waals surface area (Å²) in [6.45, 7) is 2.01. The molecule has 4 heteroatoms. The molecule has 0 atom stereocenters. The van der Waals surface area contributed by atoms with E-state index in [1.165, 1.54) is 0 Å². The van der Waals surface area contributed by atoms with E-state index in [1.54, 1.807) is 12.5 Å². The van der Waals surface area contributed by atoms with Gasteiger partial charge in [0.1, 0.15) is 12.1 Å². The number of aromatic nitrogens is 3. The lowest BCUT2D eigenvalue weighted by Crippen LogP contribution is -1.93. The van der Waals surface area contributed by atoms with Gasteiger partial charge in [0.25, 0.3) is 0 Å². The zero-order valence-corrected chi connectivity index (χ0v) is 8.38. The monoisotopic (exact) mass is 198 g/mol. The summed E-state index contributed by atoms with van der Waals surface area (Å²) in [6.07, 6.45) is 5.59. The molecule has 0 saturated carbocycles. The van der Waals surface area contributed by atoms with E-state index in [0.29, 0.717) is 6.42 Å². The average molecular weight is 198 g/mol.